The second kappa shape index (κ2) is 8.54. The minimum atomic E-state index is -1.09. The van der Waals surface area contributed by atoms with E-state index in [0.29, 0.717) is 12.2 Å². The van der Waals surface area contributed by atoms with Crippen molar-refractivity contribution in [1.29, 1.82) is 0 Å². The molecule has 0 aromatic heterocycles. The Morgan fingerprint density at radius 3 is 2.38 bits per heavy atom. The number of rotatable bonds is 5. The van der Waals surface area contributed by atoms with Gasteiger partial charge in [-0.3, -0.25) is 9.59 Å². The summed E-state index contributed by atoms with van der Waals surface area (Å²) < 4.78 is 5.33. The molecular formula is C17H26N2O5. The Labute approximate surface area is 142 Å². The van der Waals surface area contributed by atoms with Crippen LogP contribution < -0.4 is 5.73 Å². The lowest BCUT2D eigenvalue weighted by Gasteiger charge is -2.14. The second-order valence-corrected chi connectivity index (χ2v) is 6.12. The van der Waals surface area contributed by atoms with E-state index in [1.54, 1.807) is 0 Å². The molecule has 1 aliphatic heterocycles. The van der Waals surface area contributed by atoms with Gasteiger partial charge in [0.05, 0.1) is 17.9 Å². The van der Waals surface area contributed by atoms with Crippen molar-refractivity contribution in [3.63, 3.8) is 0 Å². The molecular weight excluding hydrogens is 312 g/mol. The van der Waals surface area contributed by atoms with Crippen LogP contribution in [-0.4, -0.2) is 52.8 Å². The van der Waals surface area contributed by atoms with Gasteiger partial charge in [-0.1, -0.05) is 20.8 Å². The predicted octanol–water partition coefficient (Wildman–Crippen LogP) is 1.95. The van der Waals surface area contributed by atoms with Crippen molar-refractivity contribution in [3.8, 4) is 5.75 Å². The minimum Gasteiger partial charge on any atom is -0.506 e. The summed E-state index contributed by atoms with van der Waals surface area (Å²) in [7, 11) is 1.37. The van der Waals surface area contributed by atoms with Crippen molar-refractivity contribution < 1.29 is 24.5 Å². The third kappa shape index (κ3) is 5.73. The molecule has 1 aromatic carbocycles. The van der Waals surface area contributed by atoms with E-state index < -0.39 is 11.9 Å². The summed E-state index contributed by atoms with van der Waals surface area (Å²) in [6, 6.07) is 3.97. The van der Waals surface area contributed by atoms with Gasteiger partial charge in [0.2, 0.25) is 0 Å². The topological polar surface area (TPSA) is 116 Å². The number of phenols is 1. The number of carboxylic acid groups (broad SMARTS) is 1. The summed E-state index contributed by atoms with van der Waals surface area (Å²) in [6.07, 6.45) is 2.36. The number of anilines is 1. The Hall–Kier alpha value is -2.28. The number of hydrogen-bond donors (Lipinski definition) is 3. The van der Waals surface area contributed by atoms with E-state index in [0.717, 1.165) is 10.8 Å². The molecule has 1 amide bonds. The van der Waals surface area contributed by atoms with Crippen molar-refractivity contribution in [2.45, 2.75) is 39.4 Å². The lowest BCUT2D eigenvalue weighted by molar-refractivity contribution is -0.137. The van der Waals surface area contributed by atoms with Crippen LogP contribution in [0.3, 0.4) is 0 Å². The van der Waals surface area contributed by atoms with Crippen LogP contribution in [0.1, 0.15) is 37.6 Å². The van der Waals surface area contributed by atoms with Crippen molar-refractivity contribution >= 4 is 17.6 Å². The third-order valence-electron chi connectivity index (χ3n) is 3.67. The molecule has 0 radical (unpaired) electrons. The van der Waals surface area contributed by atoms with Crippen LogP contribution in [0.2, 0.25) is 0 Å². The standard InChI is InChI=1S/C10H12N2O4.C7H14O/c1-12(5-9(14)15)10(16)6-2-3-8(13)7(11)4-6;1-4-6-7(8-6)5(2)3/h2-4,13H,5,11H2,1H3,(H,14,15);5-7H,4H2,1-3H3. The number of aliphatic carboxylic acids is 1. The molecule has 2 unspecified atom stereocenters. The summed E-state index contributed by atoms with van der Waals surface area (Å²) in [5.74, 6) is -0.950. The molecule has 7 nitrogen and oxygen atoms in total. The quantitative estimate of drug-likeness (QED) is 0.429. The molecule has 1 fully saturated rings. The van der Waals surface area contributed by atoms with Crippen molar-refractivity contribution in [1.82, 2.24) is 4.90 Å². The number of benzene rings is 1. The Balaban J connectivity index is 0.000000300. The highest BCUT2D eigenvalue weighted by molar-refractivity contribution is 5.96. The zero-order chi connectivity index (χ0) is 18.4. The lowest BCUT2D eigenvalue weighted by atomic mass is 10.1. The average molecular weight is 338 g/mol. The zero-order valence-electron chi connectivity index (χ0n) is 14.5. The number of ether oxygens (including phenoxy) is 1. The number of epoxide rings is 1. The first-order valence-corrected chi connectivity index (χ1v) is 7.88. The molecule has 134 valence electrons. The van der Waals surface area contributed by atoms with E-state index >= 15 is 0 Å². The number of hydrogen-bond acceptors (Lipinski definition) is 5. The van der Waals surface area contributed by atoms with Crippen LogP contribution >= 0.6 is 0 Å². The van der Waals surface area contributed by atoms with Gasteiger partial charge in [0.15, 0.2) is 0 Å². The number of likely N-dealkylation sites (N-methyl/N-ethyl adjacent to an activating group) is 1. The van der Waals surface area contributed by atoms with Crippen LogP contribution in [0.4, 0.5) is 5.69 Å². The van der Waals surface area contributed by atoms with Gasteiger partial charge in [0, 0.05) is 12.6 Å². The number of carboxylic acids is 1. The molecule has 1 aromatic rings. The van der Waals surface area contributed by atoms with Crippen molar-refractivity contribution in [3.05, 3.63) is 23.8 Å². The maximum atomic E-state index is 11.7. The molecule has 0 saturated carbocycles. The number of nitrogens with zero attached hydrogens (tertiary/aromatic N) is 1. The van der Waals surface area contributed by atoms with Crippen LogP contribution in [0.5, 0.6) is 5.75 Å². The van der Waals surface area contributed by atoms with Gasteiger partial charge < -0.3 is 25.6 Å². The van der Waals surface area contributed by atoms with Gasteiger partial charge in [0.1, 0.15) is 12.3 Å². The lowest BCUT2D eigenvalue weighted by Crippen LogP contribution is -2.31. The van der Waals surface area contributed by atoms with Gasteiger partial charge in [-0.15, -0.1) is 0 Å². The molecule has 0 bridgehead atoms. The fourth-order valence-electron chi connectivity index (χ4n) is 2.25. The van der Waals surface area contributed by atoms with Gasteiger partial charge in [-0.2, -0.15) is 0 Å². The number of carbonyl (C=O) groups is 2. The number of carbonyl (C=O) groups excluding carboxylic acids is 1. The number of nitrogen functional groups attached to an aromatic ring is 1. The molecule has 1 heterocycles. The summed E-state index contributed by atoms with van der Waals surface area (Å²) in [5, 5.41) is 17.7. The second-order valence-electron chi connectivity index (χ2n) is 6.12. The fraction of sp³-hybridized carbons (Fsp3) is 0.529. The molecule has 1 saturated heterocycles. The first-order valence-electron chi connectivity index (χ1n) is 7.88. The van der Waals surface area contributed by atoms with Gasteiger partial charge in [-0.25, -0.2) is 0 Å². The Morgan fingerprint density at radius 2 is 2.00 bits per heavy atom. The Bertz CT molecular complexity index is 588. The summed E-state index contributed by atoms with van der Waals surface area (Å²) in [5.41, 5.74) is 5.74. The Morgan fingerprint density at radius 1 is 1.38 bits per heavy atom. The number of phenolic OH excluding ortho intramolecular Hbond substituents is 1. The SMILES string of the molecule is CCC1OC1C(C)C.CN(CC(=O)O)C(=O)c1ccc(O)c(N)c1. The highest BCUT2D eigenvalue weighted by Gasteiger charge is 2.38. The molecule has 0 spiro atoms. The zero-order valence-corrected chi connectivity index (χ0v) is 14.5. The summed E-state index contributed by atoms with van der Waals surface area (Å²) in [4.78, 5) is 23.1. The van der Waals surface area contributed by atoms with E-state index in [1.165, 1.54) is 31.7 Å². The number of aromatic hydroxyl groups is 1. The molecule has 0 aliphatic carbocycles. The van der Waals surface area contributed by atoms with E-state index in [9.17, 15) is 9.59 Å². The van der Waals surface area contributed by atoms with E-state index in [1.807, 2.05) is 0 Å². The highest BCUT2D eigenvalue weighted by atomic mass is 16.6. The van der Waals surface area contributed by atoms with Gasteiger partial charge >= 0.3 is 5.97 Å². The van der Waals surface area contributed by atoms with E-state index in [4.69, 9.17) is 20.7 Å². The van der Waals surface area contributed by atoms with Crippen LogP contribution in [0.15, 0.2) is 18.2 Å². The van der Waals surface area contributed by atoms with E-state index in [2.05, 4.69) is 20.8 Å². The molecule has 2 atom stereocenters. The monoisotopic (exact) mass is 338 g/mol. The van der Waals surface area contributed by atoms with E-state index in [-0.39, 0.29) is 23.5 Å². The Kier molecular flexibility index (Phi) is 7.03. The molecule has 7 heteroatoms. The van der Waals surface area contributed by atoms with Gasteiger partial charge in [-0.05, 0) is 30.5 Å². The first-order chi connectivity index (χ1) is 11.2. The average Bonchev–Trinajstić information content (AvgIpc) is 3.29. The van der Waals surface area contributed by atoms with Crippen molar-refractivity contribution in [2.24, 2.45) is 5.92 Å². The third-order valence-corrected chi connectivity index (χ3v) is 3.67. The van der Waals surface area contributed by atoms with Crippen LogP contribution in [0, 0.1) is 5.92 Å². The van der Waals surface area contributed by atoms with Gasteiger partial charge in [0.25, 0.3) is 5.91 Å². The molecule has 1 aliphatic rings. The molecule has 24 heavy (non-hydrogen) atoms. The number of nitrogens with two attached hydrogens (primary N) is 1. The molecule has 4 N–H and O–H groups in total. The van der Waals surface area contributed by atoms with Crippen molar-refractivity contribution in [2.75, 3.05) is 19.3 Å². The van der Waals surface area contributed by atoms with Crippen LogP contribution in [0.25, 0.3) is 0 Å². The predicted molar refractivity (Wildman–Crippen MR) is 90.9 cm³/mol. The molecule has 2 rings (SSSR count). The first kappa shape index (κ1) is 19.8. The smallest absolute Gasteiger partial charge is 0.323 e. The largest absolute Gasteiger partial charge is 0.506 e. The summed E-state index contributed by atoms with van der Waals surface area (Å²) in [6.45, 7) is 6.20. The maximum Gasteiger partial charge on any atom is 0.323 e. The maximum absolute atomic E-state index is 11.7. The minimum absolute atomic E-state index is 0.0783. The van der Waals surface area contributed by atoms with Crippen LogP contribution in [-0.2, 0) is 9.53 Å². The summed E-state index contributed by atoms with van der Waals surface area (Å²) >= 11 is 0. The number of amides is 1. The highest BCUT2D eigenvalue weighted by Crippen LogP contribution is 2.30. The fourth-order valence-corrected chi connectivity index (χ4v) is 2.25. The normalized spacial score (nSPS) is 18.5.